The first kappa shape index (κ1) is 16.5. The second-order valence-electron chi connectivity index (χ2n) is 5.09. The fraction of sp³-hybridized carbons (Fsp3) is 0.267. The van der Waals surface area contributed by atoms with Crippen LogP contribution < -0.4 is 22.3 Å². The summed E-state index contributed by atoms with van der Waals surface area (Å²) in [5.74, 6) is -1.71. The standard InChI is InChI=1S/C15H17FN4O3/c1-4-8-5-6-10(9(16)7-8)18-13-11(12(17)21)14(22)20(3)15(23)19(13)2/h5-7,18H,4H2,1-3H3,(H2,17,21). The van der Waals surface area contributed by atoms with Crippen LogP contribution in [0.4, 0.5) is 15.9 Å². The summed E-state index contributed by atoms with van der Waals surface area (Å²) >= 11 is 0. The molecule has 0 unspecified atom stereocenters. The van der Waals surface area contributed by atoms with Crippen LogP contribution in [-0.4, -0.2) is 15.0 Å². The monoisotopic (exact) mass is 320 g/mol. The van der Waals surface area contributed by atoms with Crippen molar-refractivity contribution in [2.24, 2.45) is 19.8 Å². The molecule has 0 aliphatic rings. The minimum atomic E-state index is -1.01. The molecular formula is C15H17FN4O3. The molecule has 8 heteroatoms. The molecule has 2 aromatic rings. The maximum absolute atomic E-state index is 14.1. The molecule has 1 amide bonds. The number of nitrogens with zero attached hydrogens (tertiary/aromatic N) is 2. The van der Waals surface area contributed by atoms with Crippen molar-refractivity contribution in [1.82, 2.24) is 9.13 Å². The summed E-state index contributed by atoms with van der Waals surface area (Å²) < 4.78 is 15.9. The van der Waals surface area contributed by atoms with Crippen LogP contribution >= 0.6 is 0 Å². The lowest BCUT2D eigenvalue weighted by molar-refractivity contribution is 0.0998. The second kappa shape index (κ2) is 6.07. The van der Waals surface area contributed by atoms with E-state index in [-0.39, 0.29) is 11.5 Å². The number of anilines is 2. The summed E-state index contributed by atoms with van der Waals surface area (Å²) in [7, 11) is 2.59. The molecule has 0 atom stereocenters. The van der Waals surface area contributed by atoms with Gasteiger partial charge < -0.3 is 11.1 Å². The van der Waals surface area contributed by atoms with E-state index in [1.165, 1.54) is 26.2 Å². The highest BCUT2D eigenvalue weighted by molar-refractivity contribution is 5.97. The Morgan fingerprint density at radius 3 is 2.43 bits per heavy atom. The summed E-state index contributed by atoms with van der Waals surface area (Å²) in [4.78, 5) is 35.7. The van der Waals surface area contributed by atoms with Gasteiger partial charge in [-0.25, -0.2) is 9.18 Å². The third kappa shape index (κ3) is 2.87. The number of hydrogen-bond acceptors (Lipinski definition) is 4. The van der Waals surface area contributed by atoms with E-state index < -0.39 is 28.5 Å². The number of amides is 1. The number of carbonyl (C=O) groups excluding carboxylic acids is 1. The van der Waals surface area contributed by atoms with Crippen LogP contribution in [0.5, 0.6) is 0 Å². The van der Waals surface area contributed by atoms with Crippen LogP contribution in [0, 0.1) is 5.82 Å². The Bertz CT molecular complexity index is 899. The number of rotatable bonds is 4. The molecule has 0 aliphatic heterocycles. The van der Waals surface area contributed by atoms with E-state index in [4.69, 9.17) is 5.73 Å². The van der Waals surface area contributed by atoms with Crippen LogP contribution in [0.25, 0.3) is 0 Å². The Kier molecular flexibility index (Phi) is 4.35. The minimum absolute atomic E-state index is 0.0351. The highest BCUT2D eigenvalue weighted by atomic mass is 19.1. The Hall–Kier alpha value is -2.90. The molecule has 0 saturated carbocycles. The quantitative estimate of drug-likeness (QED) is 0.863. The first-order valence-electron chi connectivity index (χ1n) is 6.93. The van der Waals surface area contributed by atoms with Crippen LogP contribution in [0.15, 0.2) is 27.8 Å². The lowest BCUT2D eigenvalue weighted by atomic mass is 10.1. The summed E-state index contributed by atoms with van der Waals surface area (Å²) in [5.41, 5.74) is 4.16. The van der Waals surface area contributed by atoms with Crippen LogP contribution in [0.3, 0.4) is 0 Å². The molecule has 1 aromatic heterocycles. The van der Waals surface area contributed by atoms with E-state index in [0.29, 0.717) is 6.42 Å². The van der Waals surface area contributed by atoms with E-state index in [2.05, 4.69) is 5.32 Å². The van der Waals surface area contributed by atoms with Gasteiger partial charge in [-0.15, -0.1) is 0 Å². The molecule has 0 aliphatic carbocycles. The molecule has 23 heavy (non-hydrogen) atoms. The molecule has 2 rings (SSSR count). The van der Waals surface area contributed by atoms with E-state index in [1.54, 1.807) is 6.07 Å². The molecule has 0 spiro atoms. The van der Waals surface area contributed by atoms with Gasteiger partial charge in [-0.3, -0.25) is 18.7 Å². The molecule has 7 nitrogen and oxygen atoms in total. The summed E-state index contributed by atoms with van der Waals surface area (Å²) in [5, 5.41) is 2.62. The lowest BCUT2D eigenvalue weighted by Crippen LogP contribution is -2.42. The van der Waals surface area contributed by atoms with Crippen molar-refractivity contribution in [2.45, 2.75) is 13.3 Å². The van der Waals surface area contributed by atoms with Gasteiger partial charge in [0.15, 0.2) is 0 Å². The third-order valence-electron chi connectivity index (χ3n) is 3.61. The van der Waals surface area contributed by atoms with Crippen molar-refractivity contribution in [1.29, 1.82) is 0 Å². The number of halogens is 1. The van der Waals surface area contributed by atoms with E-state index in [0.717, 1.165) is 14.7 Å². The molecule has 3 N–H and O–H groups in total. The fourth-order valence-electron chi connectivity index (χ4n) is 2.22. The molecule has 122 valence electrons. The Labute approximate surface area is 131 Å². The normalized spacial score (nSPS) is 10.6. The zero-order valence-electron chi connectivity index (χ0n) is 13.0. The number of nitrogens with two attached hydrogens (primary N) is 1. The first-order chi connectivity index (χ1) is 10.8. The molecule has 0 saturated heterocycles. The van der Waals surface area contributed by atoms with Crippen LogP contribution in [0.1, 0.15) is 22.8 Å². The molecular weight excluding hydrogens is 303 g/mol. The fourth-order valence-corrected chi connectivity index (χ4v) is 2.22. The van der Waals surface area contributed by atoms with E-state index in [1.807, 2.05) is 6.92 Å². The number of carbonyl (C=O) groups is 1. The predicted molar refractivity (Wildman–Crippen MR) is 84.5 cm³/mol. The number of aryl methyl sites for hydroxylation is 1. The van der Waals surface area contributed by atoms with Gasteiger partial charge in [0.1, 0.15) is 17.2 Å². The van der Waals surface area contributed by atoms with Crippen molar-refractivity contribution < 1.29 is 9.18 Å². The largest absolute Gasteiger partial charge is 0.365 e. The average molecular weight is 320 g/mol. The van der Waals surface area contributed by atoms with E-state index >= 15 is 0 Å². The van der Waals surface area contributed by atoms with Crippen LogP contribution in [-0.2, 0) is 20.5 Å². The second-order valence-corrected chi connectivity index (χ2v) is 5.09. The Balaban J connectivity index is 2.67. The van der Waals surface area contributed by atoms with Crippen molar-refractivity contribution in [3.63, 3.8) is 0 Å². The minimum Gasteiger partial charge on any atom is -0.365 e. The smallest absolute Gasteiger partial charge is 0.332 e. The molecule has 1 aromatic carbocycles. The Morgan fingerprint density at radius 1 is 1.26 bits per heavy atom. The van der Waals surface area contributed by atoms with Crippen molar-refractivity contribution in [2.75, 3.05) is 5.32 Å². The predicted octanol–water partition coefficient (Wildman–Crippen LogP) is 0.628. The molecule has 0 fully saturated rings. The topological polar surface area (TPSA) is 99.1 Å². The van der Waals surface area contributed by atoms with Gasteiger partial charge in [-0.1, -0.05) is 13.0 Å². The highest BCUT2D eigenvalue weighted by Gasteiger charge is 2.21. The van der Waals surface area contributed by atoms with Gasteiger partial charge in [0.25, 0.3) is 11.5 Å². The summed E-state index contributed by atoms with van der Waals surface area (Å²) in [6.07, 6.45) is 0.661. The zero-order chi connectivity index (χ0) is 17.3. The highest BCUT2D eigenvalue weighted by Crippen LogP contribution is 2.21. The zero-order valence-corrected chi connectivity index (χ0v) is 13.0. The first-order valence-corrected chi connectivity index (χ1v) is 6.93. The number of benzene rings is 1. The van der Waals surface area contributed by atoms with Gasteiger partial charge >= 0.3 is 5.69 Å². The van der Waals surface area contributed by atoms with Crippen LogP contribution in [0.2, 0.25) is 0 Å². The van der Waals surface area contributed by atoms with E-state index in [9.17, 15) is 18.8 Å². The number of aromatic nitrogens is 2. The van der Waals surface area contributed by atoms with Gasteiger partial charge in [0, 0.05) is 14.1 Å². The number of primary amides is 1. The van der Waals surface area contributed by atoms with Crippen molar-refractivity contribution >= 4 is 17.4 Å². The molecule has 0 radical (unpaired) electrons. The van der Waals surface area contributed by atoms with Gasteiger partial charge in [-0.05, 0) is 24.1 Å². The maximum atomic E-state index is 14.1. The van der Waals surface area contributed by atoms with Gasteiger partial charge in [0.2, 0.25) is 0 Å². The van der Waals surface area contributed by atoms with Gasteiger partial charge in [-0.2, -0.15) is 0 Å². The summed E-state index contributed by atoms with van der Waals surface area (Å²) in [6, 6.07) is 4.51. The maximum Gasteiger partial charge on any atom is 0.332 e. The average Bonchev–Trinajstić information content (AvgIpc) is 2.51. The van der Waals surface area contributed by atoms with Crippen molar-refractivity contribution in [3.05, 3.63) is 56.0 Å². The number of nitrogens with one attached hydrogen (secondary N) is 1. The third-order valence-corrected chi connectivity index (χ3v) is 3.61. The SMILES string of the molecule is CCc1ccc(Nc2c(C(N)=O)c(=O)n(C)c(=O)n2C)c(F)c1. The molecule has 1 heterocycles. The molecule has 0 bridgehead atoms. The lowest BCUT2D eigenvalue weighted by Gasteiger charge is -2.16. The summed E-state index contributed by atoms with van der Waals surface area (Å²) in [6.45, 7) is 1.89. The number of hydrogen-bond donors (Lipinski definition) is 2. The Morgan fingerprint density at radius 2 is 1.91 bits per heavy atom. The van der Waals surface area contributed by atoms with Crippen molar-refractivity contribution in [3.8, 4) is 0 Å². The van der Waals surface area contributed by atoms with Gasteiger partial charge in [0.05, 0.1) is 5.69 Å².